The molecule has 0 unspecified atom stereocenters. The number of nitrogens with one attached hydrogen (secondary N) is 1. The molecule has 1 aromatic heterocycles. The number of aryl methyl sites for hydroxylation is 1. The first-order chi connectivity index (χ1) is 12.7. The fraction of sp³-hybridized carbons (Fsp3) is 0.238. The molecule has 26 heavy (non-hydrogen) atoms. The number of hydrogen-bond acceptors (Lipinski definition) is 5. The van der Waals surface area contributed by atoms with Crippen LogP contribution >= 0.6 is 0 Å². The Morgan fingerprint density at radius 3 is 2.92 bits per heavy atom. The van der Waals surface area contributed by atoms with Crippen LogP contribution in [-0.2, 0) is 6.42 Å². The van der Waals surface area contributed by atoms with Crippen molar-refractivity contribution in [3.05, 3.63) is 66.0 Å². The SMILES string of the molecule is COc1cc(-c2cncc(N[C@@H]3CCCc4ccccc43)n2)ccc1O. The molecule has 0 bridgehead atoms. The minimum atomic E-state index is 0.109. The van der Waals surface area contributed by atoms with Crippen molar-refractivity contribution in [3.63, 3.8) is 0 Å². The zero-order valence-corrected chi connectivity index (χ0v) is 14.6. The second kappa shape index (κ2) is 7.04. The summed E-state index contributed by atoms with van der Waals surface area (Å²) >= 11 is 0. The van der Waals surface area contributed by atoms with Gasteiger partial charge in [-0.25, -0.2) is 4.98 Å². The lowest BCUT2D eigenvalue weighted by Gasteiger charge is -2.26. The molecule has 0 saturated heterocycles. The van der Waals surface area contributed by atoms with Gasteiger partial charge in [-0.05, 0) is 48.6 Å². The zero-order valence-electron chi connectivity index (χ0n) is 14.6. The topological polar surface area (TPSA) is 67.3 Å². The quantitative estimate of drug-likeness (QED) is 0.734. The molecule has 0 fully saturated rings. The number of phenols is 1. The highest BCUT2D eigenvalue weighted by atomic mass is 16.5. The second-order valence-electron chi connectivity index (χ2n) is 6.46. The molecule has 1 heterocycles. The van der Waals surface area contributed by atoms with Crippen molar-refractivity contribution in [1.82, 2.24) is 9.97 Å². The maximum atomic E-state index is 9.77. The van der Waals surface area contributed by atoms with Crippen LogP contribution < -0.4 is 10.1 Å². The number of anilines is 1. The van der Waals surface area contributed by atoms with Crippen LogP contribution in [0.5, 0.6) is 11.5 Å². The molecule has 0 amide bonds. The third-order valence-corrected chi connectivity index (χ3v) is 4.80. The van der Waals surface area contributed by atoms with Gasteiger partial charge in [-0.3, -0.25) is 4.98 Å². The number of ether oxygens (including phenoxy) is 1. The number of phenolic OH excluding ortho intramolecular Hbond substituents is 1. The van der Waals surface area contributed by atoms with Crippen molar-refractivity contribution in [1.29, 1.82) is 0 Å². The van der Waals surface area contributed by atoms with E-state index >= 15 is 0 Å². The number of aromatic nitrogens is 2. The number of fused-ring (bicyclic) bond motifs is 1. The summed E-state index contributed by atoms with van der Waals surface area (Å²) in [5.74, 6) is 1.28. The molecule has 2 N–H and O–H groups in total. The first kappa shape index (κ1) is 16.4. The van der Waals surface area contributed by atoms with Crippen LogP contribution in [0.15, 0.2) is 54.9 Å². The maximum absolute atomic E-state index is 9.77. The molecule has 1 aliphatic carbocycles. The van der Waals surface area contributed by atoms with Gasteiger partial charge < -0.3 is 15.2 Å². The van der Waals surface area contributed by atoms with Gasteiger partial charge in [0.15, 0.2) is 11.5 Å². The molecule has 0 spiro atoms. The van der Waals surface area contributed by atoms with E-state index in [9.17, 15) is 5.11 Å². The van der Waals surface area contributed by atoms with E-state index in [2.05, 4.69) is 34.6 Å². The van der Waals surface area contributed by atoms with Crippen molar-refractivity contribution < 1.29 is 9.84 Å². The lowest BCUT2D eigenvalue weighted by Crippen LogP contribution is -2.18. The number of hydrogen-bond donors (Lipinski definition) is 2. The van der Waals surface area contributed by atoms with E-state index in [0.717, 1.165) is 36.3 Å². The smallest absolute Gasteiger partial charge is 0.161 e. The van der Waals surface area contributed by atoms with Crippen LogP contribution in [0.2, 0.25) is 0 Å². The molecule has 0 radical (unpaired) electrons. The van der Waals surface area contributed by atoms with E-state index < -0.39 is 0 Å². The van der Waals surface area contributed by atoms with Crippen molar-refractivity contribution in [2.24, 2.45) is 0 Å². The Bertz CT molecular complexity index is 927. The van der Waals surface area contributed by atoms with Crippen LogP contribution in [-0.4, -0.2) is 22.2 Å². The highest BCUT2D eigenvalue weighted by Gasteiger charge is 2.20. The van der Waals surface area contributed by atoms with E-state index in [0.29, 0.717) is 5.75 Å². The molecule has 3 aromatic rings. The minimum Gasteiger partial charge on any atom is -0.504 e. The molecule has 0 aliphatic heterocycles. The molecular formula is C21H21N3O2. The molecule has 132 valence electrons. The average Bonchev–Trinajstić information content (AvgIpc) is 2.69. The Kier molecular flexibility index (Phi) is 4.44. The van der Waals surface area contributed by atoms with Gasteiger partial charge >= 0.3 is 0 Å². The second-order valence-corrected chi connectivity index (χ2v) is 6.46. The lowest BCUT2D eigenvalue weighted by atomic mass is 9.88. The number of nitrogens with zero attached hydrogens (tertiary/aromatic N) is 2. The van der Waals surface area contributed by atoms with Crippen molar-refractivity contribution in [2.75, 3.05) is 12.4 Å². The summed E-state index contributed by atoms with van der Waals surface area (Å²) in [5, 5.41) is 13.3. The molecule has 4 rings (SSSR count). The molecule has 5 nitrogen and oxygen atoms in total. The van der Waals surface area contributed by atoms with Gasteiger partial charge in [-0.1, -0.05) is 24.3 Å². The largest absolute Gasteiger partial charge is 0.504 e. The van der Waals surface area contributed by atoms with Gasteiger partial charge in [0.1, 0.15) is 5.82 Å². The lowest BCUT2D eigenvalue weighted by molar-refractivity contribution is 0.373. The van der Waals surface area contributed by atoms with Crippen molar-refractivity contribution in [3.8, 4) is 22.8 Å². The van der Waals surface area contributed by atoms with Gasteiger partial charge in [0.25, 0.3) is 0 Å². The summed E-state index contributed by atoms with van der Waals surface area (Å²) in [6, 6.07) is 14.0. The van der Waals surface area contributed by atoms with E-state index in [4.69, 9.17) is 9.72 Å². The Balaban J connectivity index is 1.61. The third-order valence-electron chi connectivity index (χ3n) is 4.80. The van der Waals surface area contributed by atoms with Gasteiger partial charge in [0.05, 0.1) is 31.2 Å². The van der Waals surface area contributed by atoms with E-state index in [1.54, 1.807) is 24.5 Å². The first-order valence-corrected chi connectivity index (χ1v) is 8.78. The van der Waals surface area contributed by atoms with Gasteiger partial charge in [-0.15, -0.1) is 0 Å². The Hall–Kier alpha value is -3.08. The fourth-order valence-electron chi connectivity index (χ4n) is 3.49. The number of methoxy groups -OCH3 is 1. The van der Waals surface area contributed by atoms with Crippen molar-refractivity contribution >= 4 is 5.82 Å². The number of benzene rings is 2. The Labute approximate surface area is 152 Å². The molecule has 2 aromatic carbocycles. The van der Waals surface area contributed by atoms with Crippen LogP contribution in [0.3, 0.4) is 0 Å². The zero-order chi connectivity index (χ0) is 17.9. The normalized spacial score (nSPS) is 16.0. The number of rotatable bonds is 4. The predicted molar refractivity (Wildman–Crippen MR) is 101 cm³/mol. The first-order valence-electron chi connectivity index (χ1n) is 8.78. The summed E-state index contributed by atoms with van der Waals surface area (Å²) in [7, 11) is 1.53. The average molecular weight is 347 g/mol. The molecular weight excluding hydrogens is 326 g/mol. The maximum Gasteiger partial charge on any atom is 0.161 e. The van der Waals surface area contributed by atoms with Crippen LogP contribution in [0.1, 0.15) is 30.0 Å². The van der Waals surface area contributed by atoms with E-state index in [1.165, 1.54) is 18.2 Å². The summed E-state index contributed by atoms with van der Waals surface area (Å²) in [4.78, 5) is 9.04. The standard InChI is InChI=1S/C21H21N3O2/c1-26-20-11-15(9-10-19(20)25)18-12-22-13-21(24-18)23-17-8-4-6-14-5-2-3-7-16(14)17/h2-3,5,7,9-13,17,25H,4,6,8H2,1H3,(H,23,24)/t17-/m1/s1. The van der Waals surface area contributed by atoms with E-state index in [-0.39, 0.29) is 11.8 Å². The highest BCUT2D eigenvalue weighted by molar-refractivity contribution is 5.64. The molecule has 1 atom stereocenters. The summed E-state index contributed by atoms with van der Waals surface area (Å²) in [6.45, 7) is 0. The van der Waals surface area contributed by atoms with Gasteiger partial charge in [0.2, 0.25) is 0 Å². The van der Waals surface area contributed by atoms with Crippen LogP contribution in [0, 0.1) is 0 Å². The summed E-state index contributed by atoms with van der Waals surface area (Å²) < 4.78 is 5.18. The molecule has 1 aliphatic rings. The van der Waals surface area contributed by atoms with Gasteiger partial charge in [-0.2, -0.15) is 0 Å². The third kappa shape index (κ3) is 3.20. The minimum absolute atomic E-state index is 0.109. The van der Waals surface area contributed by atoms with E-state index in [1.807, 2.05) is 6.07 Å². The monoisotopic (exact) mass is 347 g/mol. The van der Waals surface area contributed by atoms with Crippen LogP contribution in [0.25, 0.3) is 11.3 Å². The molecule has 0 saturated carbocycles. The Morgan fingerprint density at radius 2 is 2.04 bits per heavy atom. The van der Waals surface area contributed by atoms with Crippen molar-refractivity contribution in [2.45, 2.75) is 25.3 Å². The molecule has 5 heteroatoms. The van der Waals surface area contributed by atoms with Gasteiger partial charge in [0, 0.05) is 5.56 Å². The highest BCUT2D eigenvalue weighted by Crippen LogP contribution is 2.33. The Morgan fingerprint density at radius 1 is 1.15 bits per heavy atom. The summed E-state index contributed by atoms with van der Waals surface area (Å²) in [6.07, 6.45) is 6.84. The predicted octanol–water partition coefficient (Wildman–Crippen LogP) is 4.35. The fourth-order valence-corrected chi connectivity index (χ4v) is 3.49. The number of aromatic hydroxyl groups is 1. The van der Waals surface area contributed by atoms with Crippen LogP contribution in [0.4, 0.5) is 5.82 Å². The summed E-state index contributed by atoms with van der Waals surface area (Å²) in [5.41, 5.74) is 4.33.